The van der Waals surface area contributed by atoms with E-state index in [1.165, 1.54) is 18.4 Å². The summed E-state index contributed by atoms with van der Waals surface area (Å²) in [5, 5.41) is 9.99. The Labute approximate surface area is 128 Å². The Morgan fingerprint density at radius 2 is 1.55 bits per heavy atom. The van der Waals surface area contributed by atoms with Crippen molar-refractivity contribution in [2.24, 2.45) is 0 Å². The molecule has 0 atom stereocenters. The molecular formula is C17H14O4S. The van der Waals surface area contributed by atoms with Crippen molar-refractivity contribution in [2.45, 2.75) is 4.90 Å². The molecule has 0 fully saturated rings. The van der Waals surface area contributed by atoms with Crippen molar-refractivity contribution < 1.29 is 17.9 Å². The van der Waals surface area contributed by atoms with Crippen molar-refractivity contribution in [3.05, 3.63) is 60.9 Å². The van der Waals surface area contributed by atoms with Crippen LogP contribution in [0.1, 0.15) is 0 Å². The Bertz CT molecular complexity index is 892. The molecular weight excluding hydrogens is 300 g/mol. The minimum absolute atomic E-state index is 0.189. The van der Waals surface area contributed by atoms with Crippen LogP contribution in [0.25, 0.3) is 22.3 Å². The van der Waals surface area contributed by atoms with Crippen LogP contribution in [0.3, 0.4) is 0 Å². The van der Waals surface area contributed by atoms with Gasteiger partial charge in [0.1, 0.15) is 6.26 Å². The topological polar surface area (TPSA) is 67.5 Å². The van der Waals surface area contributed by atoms with Gasteiger partial charge >= 0.3 is 0 Å². The first-order valence-electron chi connectivity index (χ1n) is 6.63. The summed E-state index contributed by atoms with van der Waals surface area (Å²) in [4.78, 5) is 0.237. The molecule has 0 bridgehead atoms. The van der Waals surface area contributed by atoms with E-state index in [0.717, 1.165) is 17.4 Å². The zero-order chi connectivity index (χ0) is 15.7. The largest absolute Gasteiger partial charge is 0.480 e. The molecule has 0 radical (unpaired) electrons. The van der Waals surface area contributed by atoms with Crippen molar-refractivity contribution in [3.63, 3.8) is 0 Å². The van der Waals surface area contributed by atoms with Gasteiger partial charge in [0.05, 0.1) is 10.5 Å². The lowest BCUT2D eigenvalue weighted by Crippen LogP contribution is -1.96. The second kappa shape index (κ2) is 5.35. The third kappa shape index (κ3) is 2.63. The molecule has 0 amide bonds. The van der Waals surface area contributed by atoms with E-state index in [2.05, 4.69) is 0 Å². The highest BCUT2D eigenvalue weighted by Gasteiger charge is 2.17. The molecule has 5 heteroatoms. The van der Waals surface area contributed by atoms with Gasteiger partial charge in [-0.05, 0) is 23.3 Å². The predicted octanol–water partition coefficient (Wildman–Crippen LogP) is 3.72. The van der Waals surface area contributed by atoms with Crippen LogP contribution in [0.15, 0.2) is 70.2 Å². The van der Waals surface area contributed by atoms with Crippen LogP contribution in [-0.4, -0.2) is 19.8 Å². The highest BCUT2D eigenvalue weighted by molar-refractivity contribution is 7.90. The minimum atomic E-state index is -3.25. The average Bonchev–Trinajstić information content (AvgIpc) is 2.89. The van der Waals surface area contributed by atoms with Gasteiger partial charge in [0.2, 0.25) is 0 Å². The molecule has 0 saturated carbocycles. The van der Waals surface area contributed by atoms with Crippen LogP contribution < -0.4 is 0 Å². The van der Waals surface area contributed by atoms with Crippen molar-refractivity contribution in [1.82, 2.24) is 0 Å². The molecule has 1 aromatic heterocycles. The van der Waals surface area contributed by atoms with Gasteiger partial charge in [0.25, 0.3) is 5.95 Å². The fraction of sp³-hybridized carbons (Fsp3) is 0.0588. The summed E-state index contributed by atoms with van der Waals surface area (Å²) in [5.74, 6) is -0.189. The maximum Gasteiger partial charge on any atom is 0.290 e. The molecule has 0 aliphatic rings. The molecule has 22 heavy (non-hydrogen) atoms. The molecule has 3 rings (SSSR count). The van der Waals surface area contributed by atoms with Gasteiger partial charge in [-0.1, -0.05) is 42.5 Å². The number of aromatic hydroxyl groups is 1. The molecule has 0 unspecified atom stereocenters. The van der Waals surface area contributed by atoms with E-state index in [1.54, 1.807) is 12.1 Å². The highest BCUT2D eigenvalue weighted by atomic mass is 32.2. The fourth-order valence-electron chi connectivity index (χ4n) is 2.33. The van der Waals surface area contributed by atoms with Crippen molar-refractivity contribution in [2.75, 3.05) is 6.26 Å². The molecule has 3 aromatic rings. The molecule has 2 aromatic carbocycles. The first kappa shape index (κ1) is 14.4. The summed E-state index contributed by atoms with van der Waals surface area (Å²) in [7, 11) is -3.25. The summed E-state index contributed by atoms with van der Waals surface area (Å²) in [5.41, 5.74) is 2.91. The van der Waals surface area contributed by atoms with Crippen LogP contribution in [0.5, 0.6) is 5.95 Å². The van der Waals surface area contributed by atoms with Gasteiger partial charge in [-0.25, -0.2) is 8.42 Å². The summed E-state index contributed by atoms with van der Waals surface area (Å²) in [6, 6.07) is 15.9. The standard InChI is InChI=1S/C17H14O4S/c1-22(19,20)14-9-7-13(8-10-14)16-15(11-21-17(16)18)12-5-3-2-4-6-12/h2-11,18H,1H3. The zero-order valence-corrected chi connectivity index (χ0v) is 12.7. The third-order valence-corrected chi connectivity index (χ3v) is 4.56. The Kier molecular flexibility index (Phi) is 3.50. The van der Waals surface area contributed by atoms with E-state index in [-0.39, 0.29) is 10.8 Å². The van der Waals surface area contributed by atoms with Gasteiger partial charge in [0.15, 0.2) is 9.84 Å². The smallest absolute Gasteiger partial charge is 0.290 e. The fourth-order valence-corrected chi connectivity index (χ4v) is 2.96. The van der Waals surface area contributed by atoms with E-state index in [9.17, 15) is 13.5 Å². The molecule has 0 aliphatic carbocycles. The molecule has 112 valence electrons. The number of benzene rings is 2. The highest BCUT2D eigenvalue weighted by Crippen LogP contribution is 2.40. The van der Waals surface area contributed by atoms with E-state index in [4.69, 9.17) is 4.42 Å². The summed E-state index contributed by atoms with van der Waals surface area (Å²) >= 11 is 0. The SMILES string of the molecule is CS(=O)(=O)c1ccc(-c2c(-c3ccccc3)coc2O)cc1. The number of sulfone groups is 1. The quantitative estimate of drug-likeness (QED) is 0.800. The van der Waals surface area contributed by atoms with Gasteiger partial charge < -0.3 is 9.52 Å². The van der Waals surface area contributed by atoms with Gasteiger partial charge in [0, 0.05) is 11.8 Å². The van der Waals surface area contributed by atoms with E-state index < -0.39 is 9.84 Å². The first-order valence-corrected chi connectivity index (χ1v) is 8.52. The monoisotopic (exact) mass is 314 g/mol. The third-order valence-electron chi connectivity index (χ3n) is 3.43. The van der Waals surface area contributed by atoms with Crippen LogP contribution in [0, 0.1) is 0 Å². The number of hydrogen-bond donors (Lipinski definition) is 1. The molecule has 0 aliphatic heterocycles. The minimum Gasteiger partial charge on any atom is -0.480 e. The number of furan rings is 1. The molecule has 1 heterocycles. The van der Waals surface area contributed by atoms with Crippen molar-refractivity contribution in [3.8, 4) is 28.2 Å². The second-order valence-electron chi connectivity index (χ2n) is 4.99. The van der Waals surface area contributed by atoms with Gasteiger partial charge in [-0.2, -0.15) is 0 Å². The number of rotatable bonds is 3. The average molecular weight is 314 g/mol. The molecule has 1 N–H and O–H groups in total. The Morgan fingerprint density at radius 1 is 0.909 bits per heavy atom. The maximum atomic E-state index is 11.5. The predicted molar refractivity (Wildman–Crippen MR) is 84.4 cm³/mol. The molecule has 0 saturated heterocycles. The normalized spacial score (nSPS) is 11.5. The van der Waals surface area contributed by atoms with E-state index in [1.807, 2.05) is 30.3 Å². The Hall–Kier alpha value is -2.53. The lowest BCUT2D eigenvalue weighted by Gasteiger charge is -2.05. The summed E-state index contributed by atoms with van der Waals surface area (Å²) in [6.07, 6.45) is 2.65. The van der Waals surface area contributed by atoms with Crippen LogP contribution in [-0.2, 0) is 9.84 Å². The van der Waals surface area contributed by atoms with Crippen molar-refractivity contribution >= 4 is 9.84 Å². The second-order valence-corrected chi connectivity index (χ2v) is 7.01. The van der Waals surface area contributed by atoms with Crippen LogP contribution >= 0.6 is 0 Å². The van der Waals surface area contributed by atoms with Gasteiger partial charge in [-0.15, -0.1) is 0 Å². The summed E-state index contributed by atoms with van der Waals surface area (Å²) in [6.45, 7) is 0. The van der Waals surface area contributed by atoms with E-state index >= 15 is 0 Å². The lowest BCUT2D eigenvalue weighted by atomic mass is 9.99. The Morgan fingerprint density at radius 3 is 2.14 bits per heavy atom. The first-order chi connectivity index (χ1) is 10.5. The number of hydrogen-bond acceptors (Lipinski definition) is 4. The molecule has 4 nitrogen and oxygen atoms in total. The Balaban J connectivity index is 2.12. The zero-order valence-electron chi connectivity index (χ0n) is 11.9. The maximum absolute atomic E-state index is 11.5. The lowest BCUT2D eigenvalue weighted by molar-refractivity contribution is 0.334. The van der Waals surface area contributed by atoms with Crippen molar-refractivity contribution in [1.29, 1.82) is 0 Å². The molecule has 0 spiro atoms. The summed E-state index contributed by atoms with van der Waals surface area (Å²) < 4.78 is 28.2. The van der Waals surface area contributed by atoms with E-state index in [0.29, 0.717) is 11.1 Å². The van der Waals surface area contributed by atoms with Crippen LogP contribution in [0.2, 0.25) is 0 Å². The van der Waals surface area contributed by atoms with Crippen LogP contribution in [0.4, 0.5) is 0 Å². The van der Waals surface area contributed by atoms with Gasteiger partial charge in [-0.3, -0.25) is 0 Å².